The highest BCUT2D eigenvalue weighted by molar-refractivity contribution is 6.15. The van der Waals surface area contributed by atoms with Crippen LogP contribution in [0.25, 0.3) is 56.3 Å². The van der Waals surface area contributed by atoms with Crippen LogP contribution in [0.3, 0.4) is 0 Å². The van der Waals surface area contributed by atoms with Crippen molar-refractivity contribution in [2.24, 2.45) is 0 Å². The van der Waals surface area contributed by atoms with Crippen molar-refractivity contribution in [2.45, 2.75) is 0 Å². The molecule has 0 spiro atoms. The van der Waals surface area contributed by atoms with Gasteiger partial charge in [-0.05, 0) is 104 Å². The quantitative estimate of drug-likeness (QED) is 0.194. The first kappa shape index (κ1) is 25.9. The first-order valence-electron chi connectivity index (χ1n) is 14.9. The lowest BCUT2D eigenvalue weighted by Crippen LogP contribution is -2.09. The van der Waals surface area contributed by atoms with E-state index in [-0.39, 0.29) is 5.82 Å². The Bertz CT molecular complexity index is 2120. The fraction of sp³-hybridized carbons (Fsp3) is 0. The highest BCUT2D eigenvalue weighted by atomic mass is 19.1. The van der Waals surface area contributed by atoms with Gasteiger partial charge in [-0.15, -0.1) is 0 Å². The van der Waals surface area contributed by atoms with Crippen LogP contribution in [0.2, 0.25) is 0 Å². The van der Waals surface area contributed by atoms with Crippen LogP contribution >= 0.6 is 0 Å². The van der Waals surface area contributed by atoms with E-state index in [1.54, 1.807) is 0 Å². The van der Waals surface area contributed by atoms with Gasteiger partial charge in [0.15, 0.2) is 0 Å². The molecule has 0 aromatic heterocycles. The Kier molecular flexibility index (Phi) is 6.39. The van der Waals surface area contributed by atoms with Crippen LogP contribution in [0.4, 0.5) is 21.5 Å². The standard InChI is InChI=1S/C42H28FN/c43-35-19-25-38(26-20-35)44(36-21-13-30(14-22-36)29-7-3-1-4-8-29)37-23-15-32(16-24-37)40-28-18-34-12-11-33-17-27-39(42(40)41(33)34)31-9-5-2-6-10-31/h1-28H. The van der Waals surface area contributed by atoms with Crippen molar-refractivity contribution in [1.82, 2.24) is 0 Å². The fourth-order valence-electron chi connectivity index (χ4n) is 6.37. The summed E-state index contributed by atoms with van der Waals surface area (Å²) < 4.78 is 14.0. The first-order valence-corrected chi connectivity index (χ1v) is 14.9. The monoisotopic (exact) mass is 565 g/mol. The molecule has 0 heterocycles. The Morgan fingerprint density at radius 3 is 1.27 bits per heavy atom. The zero-order valence-electron chi connectivity index (χ0n) is 24.0. The third-order valence-electron chi connectivity index (χ3n) is 8.51. The minimum Gasteiger partial charge on any atom is -0.311 e. The maximum absolute atomic E-state index is 14.0. The van der Waals surface area contributed by atoms with Gasteiger partial charge in [0, 0.05) is 17.1 Å². The average molecular weight is 566 g/mol. The molecule has 0 atom stereocenters. The zero-order valence-corrected chi connectivity index (χ0v) is 24.0. The third-order valence-corrected chi connectivity index (χ3v) is 8.51. The molecule has 1 nitrogen and oxygen atoms in total. The molecule has 0 saturated heterocycles. The molecule has 208 valence electrons. The number of hydrogen-bond donors (Lipinski definition) is 0. The smallest absolute Gasteiger partial charge is 0.123 e. The van der Waals surface area contributed by atoms with Gasteiger partial charge in [-0.2, -0.15) is 0 Å². The molecule has 0 amide bonds. The van der Waals surface area contributed by atoms with Crippen LogP contribution in [0.15, 0.2) is 158 Å². The SMILES string of the molecule is Fc1ccc(N(c2ccc(-c3ccccc3)cc2)c2ccc(-c3ccc4c5c(ccc(-c6ccccc6)c35)C=C4)cc2)cc1. The number of nitrogens with zero attached hydrogens (tertiary/aromatic N) is 1. The lowest BCUT2D eigenvalue weighted by atomic mass is 9.89. The molecule has 44 heavy (non-hydrogen) atoms. The van der Waals surface area contributed by atoms with Crippen LogP contribution < -0.4 is 4.90 Å². The maximum atomic E-state index is 14.0. The van der Waals surface area contributed by atoms with Gasteiger partial charge in [0.25, 0.3) is 0 Å². The second kappa shape index (κ2) is 10.8. The Hall–Kier alpha value is -5.73. The molecular formula is C42H28FN. The molecular weight excluding hydrogens is 537 g/mol. The van der Waals surface area contributed by atoms with E-state index >= 15 is 0 Å². The molecule has 7 aromatic carbocycles. The highest BCUT2D eigenvalue weighted by Crippen LogP contribution is 2.44. The molecule has 0 aliphatic heterocycles. The van der Waals surface area contributed by atoms with E-state index < -0.39 is 0 Å². The Morgan fingerprint density at radius 2 is 0.750 bits per heavy atom. The number of rotatable bonds is 6. The van der Waals surface area contributed by atoms with Gasteiger partial charge >= 0.3 is 0 Å². The van der Waals surface area contributed by atoms with E-state index in [9.17, 15) is 4.39 Å². The van der Waals surface area contributed by atoms with E-state index in [4.69, 9.17) is 0 Å². The van der Waals surface area contributed by atoms with Crippen molar-refractivity contribution in [1.29, 1.82) is 0 Å². The number of anilines is 3. The van der Waals surface area contributed by atoms with E-state index in [0.717, 1.165) is 28.2 Å². The number of benzene rings is 7. The van der Waals surface area contributed by atoms with Crippen molar-refractivity contribution in [3.63, 3.8) is 0 Å². The first-order chi connectivity index (χ1) is 21.7. The average Bonchev–Trinajstić information content (AvgIpc) is 3.52. The molecule has 0 radical (unpaired) electrons. The Balaban J connectivity index is 1.23. The van der Waals surface area contributed by atoms with Crippen molar-refractivity contribution >= 4 is 40.0 Å². The molecule has 0 saturated carbocycles. The molecule has 0 bridgehead atoms. The van der Waals surface area contributed by atoms with E-state index in [1.165, 1.54) is 56.3 Å². The van der Waals surface area contributed by atoms with Crippen LogP contribution in [-0.2, 0) is 0 Å². The molecule has 0 unspecified atom stereocenters. The summed E-state index contributed by atoms with van der Waals surface area (Å²) in [5.41, 5.74) is 12.6. The predicted octanol–water partition coefficient (Wildman–Crippen LogP) is 11.9. The maximum Gasteiger partial charge on any atom is 0.123 e. The summed E-state index contributed by atoms with van der Waals surface area (Å²) in [6, 6.07) is 53.9. The summed E-state index contributed by atoms with van der Waals surface area (Å²) in [6.45, 7) is 0. The summed E-state index contributed by atoms with van der Waals surface area (Å²) in [5, 5.41) is 2.58. The molecule has 0 N–H and O–H groups in total. The van der Waals surface area contributed by atoms with Crippen LogP contribution in [-0.4, -0.2) is 0 Å². The van der Waals surface area contributed by atoms with Crippen molar-refractivity contribution in [3.8, 4) is 33.4 Å². The topological polar surface area (TPSA) is 3.24 Å². The van der Waals surface area contributed by atoms with Gasteiger partial charge in [0.05, 0.1) is 0 Å². The van der Waals surface area contributed by atoms with Gasteiger partial charge < -0.3 is 4.90 Å². The van der Waals surface area contributed by atoms with E-state index in [0.29, 0.717) is 0 Å². The Morgan fingerprint density at radius 1 is 0.341 bits per heavy atom. The molecule has 8 rings (SSSR count). The predicted molar refractivity (Wildman–Crippen MR) is 184 cm³/mol. The molecule has 2 heteroatoms. The zero-order chi connectivity index (χ0) is 29.5. The second-order valence-corrected chi connectivity index (χ2v) is 11.1. The third kappa shape index (κ3) is 4.58. The molecule has 1 aliphatic rings. The van der Waals surface area contributed by atoms with Gasteiger partial charge in [-0.3, -0.25) is 0 Å². The van der Waals surface area contributed by atoms with Crippen molar-refractivity contribution < 1.29 is 4.39 Å². The molecule has 1 aliphatic carbocycles. The Labute approximate surface area is 256 Å². The van der Waals surface area contributed by atoms with Gasteiger partial charge in [-0.1, -0.05) is 121 Å². The molecule has 0 fully saturated rings. The lowest BCUT2D eigenvalue weighted by Gasteiger charge is -2.26. The van der Waals surface area contributed by atoms with Crippen LogP contribution in [0.1, 0.15) is 11.1 Å². The second-order valence-electron chi connectivity index (χ2n) is 11.1. The van der Waals surface area contributed by atoms with Gasteiger partial charge in [0.1, 0.15) is 5.82 Å². The lowest BCUT2D eigenvalue weighted by molar-refractivity contribution is 0.628. The molecule has 7 aromatic rings. The van der Waals surface area contributed by atoms with Crippen LogP contribution in [0.5, 0.6) is 0 Å². The summed E-state index contributed by atoms with van der Waals surface area (Å²) in [5.74, 6) is -0.251. The van der Waals surface area contributed by atoms with Crippen LogP contribution in [0, 0.1) is 5.82 Å². The fourth-order valence-corrected chi connectivity index (χ4v) is 6.37. The number of hydrogen-bond acceptors (Lipinski definition) is 1. The summed E-state index contributed by atoms with van der Waals surface area (Å²) >= 11 is 0. The summed E-state index contributed by atoms with van der Waals surface area (Å²) in [7, 11) is 0. The number of halogens is 1. The summed E-state index contributed by atoms with van der Waals surface area (Å²) in [4.78, 5) is 2.17. The van der Waals surface area contributed by atoms with Crippen molar-refractivity contribution in [2.75, 3.05) is 4.90 Å². The normalized spacial score (nSPS) is 11.7. The van der Waals surface area contributed by atoms with E-state index in [2.05, 4.69) is 144 Å². The minimum atomic E-state index is -0.251. The largest absolute Gasteiger partial charge is 0.311 e. The highest BCUT2D eigenvalue weighted by Gasteiger charge is 2.18. The van der Waals surface area contributed by atoms with Gasteiger partial charge in [0.2, 0.25) is 0 Å². The van der Waals surface area contributed by atoms with E-state index in [1.807, 2.05) is 18.2 Å². The summed E-state index contributed by atoms with van der Waals surface area (Å²) in [6.07, 6.45) is 4.42. The van der Waals surface area contributed by atoms with Gasteiger partial charge in [-0.25, -0.2) is 4.39 Å². The minimum absolute atomic E-state index is 0.251. The van der Waals surface area contributed by atoms with Crippen molar-refractivity contribution in [3.05, 3.63) is 175 Å².